The van der Waals surface area contributed by atoms with E-state index in [1.165, 1.54) is 11.1 Å². The topological polar surface area (TPSA) is 54.4 Å². The lowest BCUT2D eigenvalue weighted by Gasteiger charge is -2.33. The van der Waals surface area contributed by atoms with Crippen molar-refractivity contribution in [2.75, 3.05) is 33.9 Å². The number of carbonyl (C=O) groups is 1. The van der Waals surface area contributed by atoms with Crippen LogP contribution in [0.4, 0.5) is 0 Å². The van der Waals surface area contributed by atoms with E-state index in [9.17, 15) is 4.79 Å². The highest BCUT2D eigenvalue weighted by atomic mass is 16.5. The molecule has 0 bridgehead atoms. The fourth-order valence-electron chi connectivity index (χ4n) is 5.55. The monoisotopic (exact) mass is 511 g/mol. The molecule has 2 heterocycles. The van der Waals surface area contributed by atoms with Gasteiger partial charge in [-0.05, 0) is 68.5 Å². The highest BCUT2D eigenvalue weighted by molar-refractivity contribution is 6.05. The van der Waals surface area contributed by atoms with Gasteiger partial charge in [-0.3, -0.25) is 9.69 Å². The number of amides is 1. The summed E-state index contributed by atoms with van der Waals surface area (Å²) in [5.74, 6) is 2.13. The molecule has 6 nitrogen and oxygen atoms in total. The molecule has 0 N–H and O–H groups in total. The number of likely N-dealkylation sites (tertiary alicyclic amines) is 1. The van der Waals surface area contributed by atoms with Crippen LogP contribution >= 0.6 is 0 Å². The van der Waals surface area contributed by atoms with E-state index in [1.54, 1.807) is 19.2 Å². The van der Waals surface area contributed by atoms with Crippen molar-refractivity contribution in [1.82, 2.24) is 9.91 Å². The van der Waals surface area contributed by atoms with E-state index < -0.39 is 0 Å². The van der Waals surface area contributed by atoms with E-state index in [1.807, 2.05) is 18.2 Å². The summed E-state index contributed by atoms with van der Waals surface area (Å²) in [4.78, 5) is 16.0. The van der Waals surface area contributed by atoms with Gasteiger partial charge in [0.2, 0.25) is 0 Å². The summed E-state index contributed by atoms with van der Waals surface area (Å²) in [6.45, 7) is 4.34. The highest BCUT2D eigenvalue weighted by Crippen LogP contribution is 2.36. The van der Waals surface area contributed by atoms with Crippen molar-refractivity contribution in [3.05, 3.63) is 95.1 Å². The lowest BCUT2D eigenvalue weighted by Crippen LogP contribution is -2.42. The summed E-state index contributed by atoms with van der Waals surface area (Å²) in [6, 6.07) is 24.7. The quantitative estimate of drug-likeness (QED) is 0.393. The smallest absolute Gasteiger partial charge is 0.257 e. The Bertz CT molecular complexity index is 1260. The SMILES string of the molecule is COc1ccc(C2=NN(C(=O)CN3CCC(Cc4ccccc4)CC3)C(c3ccc(C)cc3)C2)c(OC)c1. The van der Waals surface area contributed by atoms with E-state index in [4.69, 9.17) is 14.6 Å². The zero-order chi connectivity index (χ0) is 26.5. The van der Waals surface area contributed by atoms with Crippen molar-refractivity contribution in [3.8, 4) is 11.5 Å². The fraction of sp³-hybridized carbons (Fsp3) is 0.375. The van der Waals surface area contributed by atoms with Crippen LogP contribution in [0.15, 0.2) is 77.9 Å². The van der Waals surface area contributed by atoms with Crippen molar-refractivity contribution in [2.24, 2.45) is 11.0 Å². The van der Waals surface area contributed by atoms with Crippen molar-refractivity contribution in [3.63, 3.8) is 0 Å². The maximum Gasteiger partial charge on any atom is 0.257 e. The predicted molar refractivity (Wildman–Crippen MR) is 151 cm³/mol. The maximum absolute atomic E-state index is 13.7. The van der Waals surface area contributed by atoms with Crippen LogP contribution in [0.1, 0.15) is 47.6 Å². The Balaban J connectivity index is 1.31. The molecule has 0 radical (unpaired) electrons. The van der Waals surface area contributed by atoms with Gasteiger partial charge < -0.3 is 9.47 Å². The third-order valence-electron chi connectivity index (χ3n) is 7.78. The molecule has 1 saturated heterocycles. The van der Waals surface area contributed by atoms with Gasteiger partial charge in [-0.1, -0.05) is 60.2 Å². The van der Waals surface area contributed by atoms with Crippen LogP contribution in [0.25, 0.3) is 0 Å². The fourth-order valence-corrected chi connectivity index (χ4v) is 5.55. The number of hydrazone groups is 1. The number of hydrogen-bond donors (Lipinski definition) is 0. The molecule has 0 aromatic heterocycles. The number of piperidine rings is 1. The molecule has 2 aliphatic heterocycles. The van der Waals surface area contributed by atoms with Gasteiger partial charge in [0.25, 0.3) is 5.91 Å². The number of nitrogens with zero attached hydrogens (tertiary/aromatic N) is 3. The average molecular weight is 512 g/mol. The molecule has 0 spiro atoms. The van der Waals surface area contributed by atoms with E-state index in [0.29, 0.717) is 24.6 Å². The van der Waals surface area contributed by atoms with Crippen LogP contribution in [0, 0.1) is 12.8 Å². The Labute approximate surface area is 225 Å². The van der Waals surface area contributed by atoms with Crippen LogP contribution in [0.3, 0.4) is 0 Å². The lowest BCUT2D eigenvalue weighted by molar-refractivity contribution is -0.134. The van der Waals surface area contributed by atoms with Gasteiger partial charge in [0.1, 0.15) is 11.5 Å². The molecule has 1 unspecified atom stereocenters. The second-order valence-electron chi connectivity index (χ2n) is 10.4. The number of methoxy groups -OCH3 is 2. The summed E-state index contributed by atoms with van der Waals surface area (Å²) >= 11 is 0. The first-order valence-corrected chi connectivity index (χ1v) is 13.5. The third-order valence-corrected chi connectivity index (χ3v) is 7.78. The lowest BCUT2D eigenvalue weighted by atomic mass is 9.90. The van der Waals surface area contributed by atoms with E-state index in [2.05, 4.69) is 66.4 Å². The van der Waals surface area contributed by atoms with Gasteiger partial charge in [0.15, 0.2) is 0 Å². The number of benzene rings is 3. The van der Waals surface area contributed by atoms with Gasteiger partial charge >= 0.3 is 0 Å². The van der Waals surface area contributed by atoms with Gasteiger partial charge in [0, 0.05) is 18.1 Å². The molecule has 1 amide bonds. The Morgan fingerprint density at radius 2 is 1.68 bits per heavy atom. The molecular formula is C32H37N3O3. The Morgan fingerprint density at radius 3 is 2.37 bits per heavy atom. The van der Waals surface area contributed by atoms with Crippen molar-refractivity contribution >= 4 is 11.6 Å². The van der Waals surface area contributed by atoms with Gasteiger partial charge in [0.05, 0.1) is 32.5 Å². The summed E-state index contributed by atoms with van der Waals surface area (Å²) in [5.41, 5.74) is 5.43. The van der Waals surface area contributed by atoms with Crippen molar-refractivity contribution in [2.45, 2.75) is 38.6 Å². The molecule has 38 heavy (non-hydrogen) atoms. The Kier molecular flexibility index (Phi) is 8.08. The first-order chi connectivity index (χ1) is 18.5. The first-order valence-electron chi connectivity index (χ1n) is 13.5. The minimum atomic E-state index is -0.138. The van der Waals surface area contributed by atoms with Crippen LogP contribution in [-0.4, -0.2) is 55.4 Å². The maximum atomic E-state index is 13.7. The number of ether oxygens (including phenoxy) is 2. The zero-order valence-electron chi connectivity index (χ0n) is 22.6. The van der Waals surface area contributed by atoms with E-state index >= 15 is 0 Å². The molecule has 5 rings (SSSR count). The summed E-state index contributed by atoms with van der Waals surface area (Å²) in [7, 11) is 3.29. The van der Waals surface area contributed by atoms with Crippen LogP contribution in [0.5, 0.6) is 11.5 Å². The molecule has 3 aromatic rings. The highest BCUT2D eigenvalue weighted by Gasteiger charge is 2.35. The number of hydrogen-bond acceptors (Lipinski definition) is 5. The normalized spacial score (nSPS) is 18.3. The molecule has 3 aromatic carbocycles. The minimum Gasteiger partial charge on any atom is -0.497 e. The second-order valence-corrected chi connectivity index (χ2v) is 10.4. The largest absolute Gasteiger partial charge is 0.497 e. The Morgan fingerprint density at radius 1 is 0.947 bits per heavy atom. The number of rotatable bonds is 8. The zero-order valence-corrected chi connectivity index (χ0v) is 22.6. The van der Waals surface area contributed by atoms with Gasteiger partial charge in [-0.25, -0.2) is 5.01 Å². The van der Waals surface area contributed by atoms with Gasteiger partial charge in [-0.15, -0.1) is 0 Å². The van der Waals surface area contributed by atoms with E-state index in [0.717, 1.165) is 54.9 Å². The average Bonchev–Trinajstić information content (AvgIpc) is 3.40. The standard InChI is InChI=1S/C32H37N3O3/c1-23-9-11-26(12-10-23)30-21-29(28-14-13-27(37-2)20-31(28)38-3)33-35(30)32(36)22-34-17-15-25(16-18-34)19-24-7-5-4-6-8-24/h4-14,20,25,30H,15-19,21-22H2,1-3H3. The summed E-state index contributed by atoms with van der Waals surface area (Å²) in [6.07, 6.45) is 3.97. The Hall–Kier alpha value is -3.64. The van der Waals surface area contributed by atoms with Crippen molar-refractivity contribution in [1.29, 1.82) is 0 Å². The van der Waals surface area contributed by atoms with Crippen LogP contribution < -0.4 is 9.47 Å². The minimum absolute atomic E-state index is 0.0413. The second kappa shape index (κ2) is 11.8. The van der Waals surface area contributed by atoms with Crippen LogP contribution in [0.2, 0.25) is 0 Å². The van der Waals surface area contributed by atoms with Crippen LogP contribution in [-0.2, 0) is 11.2 Å². The summed E-state index contributed by atoms with van der Waals surface area (Å²) in [5, 5.41) is 6.60. The molecule has 0 saturated carbocycles. The third kappa shape index (κ3) is 5.91. The molecule has 2 aliphatic rings. The molecule has 1 fully saturated rings. The predicted octanol–water partition coefficient (Wildman–Crippen LogP) is 5.64. The molecule has 6 heteroatoms. The molecule has 198 valence electrons. The number of carbonyl (C=O) groups excluding carboxylic acids is 1. The van der Waals surface area contributed by atoms with E-state index in [-0.39, 0.29) is 11.9 Å². The molecule has 0 aliphatic carbocycles. The first kappa shape index (κ1) is 26.0. The summed E-state index contributed by atoms with van der Waals surface area (Å²) < 4.78 is 11.0. The van der Waals surface area contributed by atoms with Crippen molar-refractivity contribution < 1.29 is 14.3 Å². The molecule has 1 atom stereocenters. The number of aryl methyl sites for hydroxylation is 1. The van der Waals surface area contributed by atoms with Gasteiger partial charge in [-0.2, -0.15) is 5.10 Å². The molecular weight excluding hydrogens is 474 g/mol.